The van der Waals surface area contributed by atoms with Crippen LogP contribution in [0.15, 0.2) is 0 Å². The quantitative estimate of drug-likeness (QED) is 0.438. The van der Waals surface area contributed by atoms with Crippen molar-refractivity contribution in [1.82, 2.24) is 5.73 Å². The van der Waals surface area contributed by atoms with Crippen molar-refractivity contribution in [1.29, 1.82) is 0 Å². The van der Waals surface area contributed by atoms with Crippen LogP contribution < -0.4 is 5.73 Å². The number of hydrogen-bond acceptors (Lipinski definition) is 0. The molecule has 1 aliphatic rings. The largest absolute Gasteiger partial charge is 0.254 e. The minimum absolute atomic E-state index is 0.102. The summed E-state index contributed by atoms with van der Waals surface area (Å²) in [7, 11) is 0. The van der Waals surface area contributed by atoms with Crippen LogP contribution in [-0.2, 0) is 0 Å². The van der Waals surface area contributed by atoms with E-state index in [1.54, 1.807) is 0 Å². The zero-order valence-corrected chi connectivity index (χ0v) is 4.15. The van der Waals surface area contributed by atoms with E-state index < -0.39 is 6.17 Å². The van der Waals surface area contributed by atoms with Gasteiger partial charge in [0.15, 0.2) is 0 Å². The first-order chi connectivity index (χ1) is 3.29. The van der Waals surface area contributed by atoms with Gasteiger partial charge >= 0.3 is 0 Å². The fourth-order valence-electron chi connectivity index (χ4n) is 0.926. The molecule has 1 aliphatic carbocycles. The van der Waals surface area contributed by atoms with Crippen molar-refractivity contribution >= 4 is 0 Å². The van der Waals surface area contributed by atoms with Gasteiger partial charge in [0, 0.05) is 6.04 Å². The van der Waals surface area contributed by atoms with E-state index >= 15 is 0 Å². The summed E-state index contributed by atoms with van der Waals surface area (Å²) >= 11 is 0. The van der Waals surface area contributed by atoms with Gasteiger partial charge in [-0.3, -0.25) is 5.73 Å². The van der Waals surface area contributed by atoms with Crippen molar-refractivity contribution in [3.63, 3.8) is 0 Å². The summed E-state index contributed by atoms with van der Waals surface area (Å²) in [6, 6.07) is -0.102. The Labute approximate surface area is 42.7 Å². The Kier molecular flexibility index (Phi) is 1.28. The lowest BCUT2D eigenvalue weighted by Gasteiger charge is -1.93. The maximum Gasteiger partial charge on any atom is 0.102 e. The lowest BCUT2D eigenvalue weighted by Crippen LogP contribution is -2.01. The molecule has 0 spiro atoms. The molecule has 0 bridgehead atoms. The molecule has 0 saturated heterocycles. The van der Waals surface area contributed by atoms with Crippen LogP contribution in [0.4, 0.5) is 4.39 Å². The second-order valence-corrected chi connectivity index (χ2v) is 2.11. The van der Waals surface area contributed by atoms with Gasteiger partial charge in [0.1, 0.15) is 6.17 Å². The van der Waals surface area contributed by atoms with Gasteiger partial charge in [0.25, 0.3) is 0 Å². The summed E-state index contributed by atoms with van der Waals surface area (Å²) in [5.41, 5.74) is 7.02. The van der Waals surface area contributed by atoms with E-state index in [4.69, 9.17) is 5.73 Å². The first kappa shape index (κ1) is 5.04. The van der Waals surface area contributed by atoms with E-state index in [9.17, 15) is 4.39 Å². The van der Waals surface area contributed by atoms with Crippen LogP contribution in [0.2, 0.25) is 0 Å². The molecule has 7 heavy (non-hydrogen) atoms. The highest BCUT2D eigenvalue weighted by atomic mass is 19.1. The van der Waals surface area contributed by atoms with E-state index in [1.165, 1.54) is 0 Å². The average Bonchev–Trinajstić information content (AvgIpc) is 1.87. The number of rotatable bonds is 0. The molecular formula is C5H9FN. The predicted octanol–water partition coefficient (Wildman–Crippen LogP) is 1.16. The lowest BCUT2D eigenvalue weighted by atomic mass is 10.3. The third kappa shape index (κ3) is 1.13. The van der Waals surface area contributed by atoms with Gasteiger partial charge in [0.05, 0.1) is 0 Å². The van der Waals surface area contributed by atoms with Crippen molar-refractivity contribution in [3.8, 4) is 0 Å². The van der Waals surface area contributed by atoms with Gasteiger partial charge in [-0.25, -0.2) is 4.39 Å². The van der Waals surface area contributed by atoms with Gasteiger partial charge < -0.3 is 0 Å². The molecule has 1 rings (SSSR count). The highest BCUT2D eigenvalue weighted by Gasteiger charge is 2.20. The molecule has 0 amide bonds. The standard InChI is InChI=1S/C5H9FN/c6-4-1-2-5(7)3-4/h4-5,7H,1-3H2. The summed E-state index contributed by atoms with van der Waals surface area (Å²) in [5.74, 6) is 0. The monoisotopic (exact) mass is 102 g/mol. The summed E-state index contributed by atoms with van der Waals surface area (Å²) in [6.45, 7) is 0. The van der Waals surface area contributed by atoms with Crippen molar-refractivity contribution in [3.05, 3.63) is 0 Å². The molecule has 0 aromatic carbocycles. The summed E-state index contributed by atoms with van der Waals surface area (Å²) < 4.78 is 12.1. The van der Waals surface area contributed by atoms with Gasteiger partial charge in [-0.05, 0) is 19.3 Å². The van der Waals surface area contributed by atoms with Crippen molar-refractivity contribution in [2.75, 3.05) is 0 Å². The van der Waals surface area contributed by atoms with Crippen molar-refractivity contribution in [2.24, 2.45) is 0 Å². The zero-order valence-electron chi connectivity index (χ0n) is 4.15. The fraction of sp³-hybridized carbons (Fsp3) is 1.00. The SMILES string of the molecule is [NH]C1CCC(F)C1. The first-order valence-corrected chi connectivity index (χ1v) is 2.64. The molecule has 0 heterocycles. The third-order valence-corrected chi connectivity index (χ3v) is 1.37. The van der Waals surface area contributed by atoms with E-state index in [0.29, 0.717) is 12.8 Å². The molecule has 2 atom stereocenters. The molecular weight excluding hydrogens is 93.1 g/mol. The topological polar surface area (TPSA) is 23.8 Å². The second kappa shape index (κ2) is 1.78. The highest BCUT2D eigenvalue weighted by Crippen LogP contribution is 2.20. The average molecular weight is 102 g/mol. The number of nitrogens with one attached hydrogen (secondary N) is 1. The molecule has 0 aliphatic heterocycles. The van der Waals surface area contributed by atoms with E-state index in [-0.39, 0.29) is 6.04 Å². The minimum Gasteiger partial charge on any atom is -0.254 e. The summed E-state index contributed by atoms with van der Waals surface area (Å²) in [6.07, 6.45) is 1.19. The summed E-state index contributed by atoms with van der Waals surface area (Å²) in [4.78, 5) is 0. The molecule has 0 aromatic heterocycles. The van der Waals surface area contributed by atoms with Crippen LogP contribution in [0.5, 0.6) is 0 Å². The minimum atomic E-state index is -0.664. The van der Waals surface area contributed by atoms with Gasteiger partial charge in [-0.15, -0.1) is 0 Å². The normalized spacial score (nSPS) is 42.0. The molecule has 1 radical (unpaired) electrons. The Hall–Kier alpha value is -0.110. The van der Waals surface area contributed by atoms with Crippen LogP contribution >= 0.6 is 0 Å². The second-order valence-electron chi connectivity index (χ2n) is 2.11. The number of alkyl halides is 1. The van der Waals surface area contributed by atoms with Crippen molar-refractivity contribution in [2.45, 2.75) is 31.5 Å². The van der Waals surface area contributed by atoms with Crippen LogP contribution in [0.1, 0.15) is 19.3 Å². The Bertz CT molecular complexity index is 57.1. The number of hydrogen-bond donors (Lipinski definition) is 0. The smallest absolute Gasteiger partial charge is 0.102 e. The highest BCUT2D eigenvalue weighted by molar-refractivity contribution is 4.75. The maximum atomic E-state index is 12.1. The molecule has 41 valence electrons. The van der Waals surface area contributed by atoms with E-state index in [2.05, 4.69) is 0 Å². The predicted molar refractivity (Wildman–Crippen MR) is 25.6 cm³/mol. The zero-order chi connectivity index (χ0) is 5.28. The van der Waals surface area contributed by atoms with Gasteiger partial charge in [0.2, 0.25) is 0 Å². The van der Waals surface area contributed by atoms with Gasteiger partial charge in [-0.1, -0.05) is 0 Å². The summed E-state index contributed by atoms with van der Waals surface area (Å²) in [5, 5.41) is 0. The van der Waals surface area contributed by atoms with E-state index in [0.717, 1.165) is 6.42 Å². The lowest BCUT2D eigenvalue weighted by molar-refractivity contribution is 0.339. The van der Waals surface area contributed by atoms with Crippen LogP contribution in [0, 0.1) is 0 Å². The third-order valence-electron chi connectivity index (χ3n) is 1.37. The Morgan fingerprint density at radius 3 is 2.29 bits per heavy atom. The van der Waals surface area contributed by atoms with Crippen LogP contribution in [-0.4, -0.2) is 12.2 Å². The molecule has 0 aromatic rings. The molecule has 1 N–H and O–H groups in total. The maximum absolute atomic E-state index is 12.1. The van der Waals surface area contributed by atoms with Crippen LogP contribution in [0.3, 0.4) is 0 Å². The fourth-order valence-corrected chi connectivity index (χ4v) is 0.926. The van der Waals surface area contributed by atoms with Gasteiger partial charge in [-0.2, -0.15) is 0 Å². The molecule has 1 saturated carbocycles. The Balaban J connectivity index is 2.26. The van der Waals surface area contributed by atoms with E-state index in [1.807, 2.05) is 0 Å². The Morgan fingerprint density at radius 1 is 1.43 bits per heavy atom. The molecule has 2 unspecified atom stereocenters. The molecule has 1 nitrogen and oxygen atoms in total. The Morgan fingerprint density at radius 2 is 2.14 bits per heavy atom. The molecule has 1 fully saturated rings. The van der Waals surface area contributed by atoms with Crippen molar-refractivity contribution < 1.29 is 4.39 Å². The van der Waals surface area contributed by atoms with Crippen LogP contribution in [0.25, 0.3) is 0 Å². The molecule has 2 heteroatoms. The first-order valence-electron chi connectivity index (χ1n) is 2.64. The number of halogens is 1.